The van der Waals surface area contributed by atoms with Gasteiger partial charge in [-0.05, 0) is 49.1 Å². The summed E-state index contributed by atoms with van der Waals surface area (Å²) in [5, 5.41) is 5.40. The first kappa shape index (κ1) is 29.3. The Morgan fingerprint density at radius 2 is 1.97 bits per heavy atom. The first-order valence-electron chi connectivity index (χ1n) is 12.6. The van der Waals surface area contributed by atoms with E-state index < -0.39 is 29.6 Å². The Morgan fingerprint density at radius 3 is 2.56 bits per heavy atom. The van der Waals surface area contributed by atoms with Gasteiger partial charge in [-0.3, -0.25) is 19.3 Å². The quantitative estimate of drug-likeness (QED) is 0.423. The summed E-state index contributed by atoms with van der Waals surface area (Å²) in [6.07, 6.45) is -2.97. The van der Waals surface area contributed by atoms with Gasteiger partial charge in [0.15, 0.2) is 0 Å². The molecule has 1 saturated carbocycles. The van der Waals surface area contributed by atoms with Crippen molar-refractivity contribution < 1.29 is 32.3 Å². The summed E-state index contributed by atoms with van der Waals surface area (Å²) in [6, 6.07) is 5.90. The Kier molecular flexibility index (Phi) is 9.20. The molecule has 0 unspecified atom stereocenters. The van der Waals surface area contributed by atoms with E-state index in [-0.39, 0.29) is 55.5 Å². The summed E-state index contributed by atoms with van der Waals surface area (Å²) >= 11 is 7.05. The van der Waals surface area contributed by atoms with Crippen LogP contribution in [-0.4, -0.2) is 67.6 Å². The third kappa shape index (κ3) is 7.50. The van der Waals surface area contributed by atoms with Crippen LogP contribution >= 0.6 is 22.9 Å². The Balaban J connectivity index is 1.57. The summed E-state index contributed by atoms with van der Waals surface area (Å²) in [5.74, 6) is -1.27. The summed E-state index contributed by atoms with van der Waals surface area (Å²) in [5.41, 5.74) is -1.37. The molecule has 13 heteroatoms. The second-order valence-electron chi connectivity index (χ2n) is 9.97. The van der Waals surface area contributed by atoms with Crippen molar-refractivity contribution in [1.82, 2.24) is 10.2 Å². The summed E-state index contributed by atoms with van der Waals surface area (Å²) in [7, 11) is 0. The van der Waals surface area contributed by atoms with Crippen LogP contribution in [0.3, 0.4) is 0 Å². The molecule has 1 aliphatic carbocycles. The van der Waals surface area contributed by atoms with Crippen LogP contribution in [0.2, 0.25) is 4.34 Å². The second-order valence-corrected chi connectivity index (χ2v) is 11.7. The number of benzene rings is 1. The van der Waals surface area contributed by atoms with E-state index in [1.165, 1.54) is 12.1 Å². The average Bonchev–Trinajstić information content (AvgIpc) is 3.62. The predicted octanol–water partition coefficient (Wildman–Crippen LogP) is 4.64. The lowest BCUT2D eigenvalue weighted by Crippen LogP contribution is -2.52. The van der Waals surface area contributed by atoms with Crippen molar-refractivity contribution in [2.45, 2.75) is 44.9 Å². The SMILES string of the molecule is CC(C)CN(C1CC1)[C@@H](CNC(=O)c1ccc(Cl)s1)C(=O)Nc1ccc(N2CCOCC2=O)c(C(F)(F)F)c1. The van der Waals surface area contributed by atoms with E-state index in [9.17, 15) is 27.6 Å². The highest BCUT2D eigenvalue weighted by Gasteiger charge is 2.39. The number of halogens is 4. The van der Waals surface area contributed by atoms with Crippen LogP contribution in [-0.2, 0) is 20.5 Å². The number of nitrogens with zero attached hydrogens (tertiary/aromatic N) is 2. The molecule has 39 heavy (non-hydrogen) atoms. The van der Waals surface area contributed by atoms with Crippen molar-refractivity contribution in [2.24, 2.45) is 5.92 Å². The van der Waals surface area contributed by atoms with Crippen molar-refractivity contribution in [3.05, 3.63) is 45.1 Å². The minimum absolute atomic E-state index is 0.00358. The molecule has 1 aliphatic heterocycles. The molecule has 4 rings (SSSR count). The number of morpholine rings is 1. The van der Waals surface area contributed by atoms with E-state index in [2.05, 4.69) is 10.6 Å². The van der Waals surface area contributed by atoms with E-state index in [0.717, 1.165) is 35.1 Å². The van der Waals surface area contributed by atoms with Crippen LogP contribution < -0.4 is 15.5 Å². The Hall–Kier alpha value is -2.67. The van der Waals surface area contributed by atoms with Crippen LogP contribution in [0.5, 0.6) is 0 Å². The molecule has 1 saturated heterocycles. The minimum atomic E-state index is -4.76. The van der Waals surface area contributed by atoms with Gasteiger partial charge in [0, 0.05) is 31.4 Å². The normalized spacial score (nSPS) is 17.0. The van der Waals surface area contributed by atoms with E-state index in [1.54, 1.807) is 12.1 Å². The highest BCUT2D eigenvalue weighted by Crippen LogP contribution is 2.39. The Bertz CT molecular complexity index is 1220. The zero-order valence-corrected chi connectivity index (χ0v) is 23.1. The number of hydrogen-bond donors (Lipinski definition) is 2. The largest absolute Gasteiger partial charge is 0.418 e. The zero-order chi connectivity index (χ0) is 28.3. The van der Waals surface area contributed by atoms with Gasteiger partial charge in [0.25, 0.3) is 11.8 Å². The number of anilines is 2. The van der Waals surface area contributed by atoms with E-state index in [4.69, 9.17) is 16.3 Å². The summed E-state index contributed by atoms with van der Waals surface area (Å²) < 4.78 is 47.5. The lowest BCUT2D eigenvalue weighted by atomic mass is 10.1. The van der Waals surface area contributed by atoms with E-state index in [1.807, 2.05) is 18.7 Å². The van der Waals surface area contributed by atoms with Crippen molar-refractivity contribution in [1.29, 1.82) is 0 Å². The summed E-state index contributed by atoms with van der Waals surface area (Å²) in [4.78, 5) is 41.9. The molecule has 2 fully saturated rings. The predicted molar refractivity (Wildman–Crippen MR) is 143 cm³/mol. The number of carbonyl (C=O) groups is 3. The van der Waals surface area contributed by atoms with E-state index >= 15 is 0 Å². The first-order chi connectivity index (χ1) is 18.4. The molecule has 1 aromatic carbocycles. The molecule has 2 N–H and O–H groups in total. The molecule has 0 bridgehead atoms. The number of hydrogen-bond acceptors (Lipinski definition) is 6. The minimum Gasteiger partial charge on any atom is -0.370 e. The molecular formula is C26H30ClF3N4O4S. The fourth-order valence-electron chi connectivity index (χ4n) is 4.51. The molecule has 212 valence electrons. The molecule has 2 heterocycles. The Morgan fingerprint density at radius 1 is 1.23 bits per heavy atom. The standard InChI is InChI=1S/C26H30ClF3N4O4S/c1-15(2)13-34(17-4-5-17)20(12-31-25(37)21-7-8-22(27)39-21)24(36)32-16-3-6-19(18(11-16)26(28,29)30)33-9-10-38-14-23(33)35/h3,6-8,11,15,17,20H,4-5,9-10,12-14H2,1-2H3,(H,31,37)(H,32,36)/t20-/m0/s1. The van der Waals surface area contributed by atoms with Crippen molar-refractivity contribution in [3.63, 3.8) is 0 Å². The highest BCUT2D eigenvalue weighted by molar-refractivity contribution is 7.18. The number of ether oxygens (including phenoxy) is 1. The molecule has 8 nitrogen and oxygen atoms in total. The molecule has 2 aliphatic rings. The monoisotopic (exact) mass is 586 g/mol. The summed E-state index contributed by atoms with van der Waals surface area (Å²) in [6.45, 7) is 4.39. The van der Waals surface area contributed by atoms with E-state index in [0.29, 0.717) is 15.8 Å². The van der Waals surface area contributed by atoms with Gasteiger partial charge in [0.1, 0.15) is 12.6 Å². The van der Waals surface area contributed by atoms with Crippen LogP contribution in [0.15, 0.2) is 30.3 Å². The molecule has 1 atom stereocenters. The highest BCUT2D eigenvalue weighted by atomic mass is 35.5. The number of thiophene rings is 1. The average molecular weight is 587 g/mol. The van der Waals surface area contributed by atoms with Gasteiger partial charge in [0.2, 0.25) is 5.91 Å². The van der Waals surface area contributed by atoms with Gasteiger partial charge < -0.3 is 20.3 Å². The maximum atomic E-state index is 14.0. The van der Waals surface area contributed by atoms with Gasteiger partial charge in [-0.15, -0.1) is 11.3 Å². The smallest absolute Gasteiger partial charge is 0.370 e. The third-order valence-corrected chi connectivity index (χ3v) is 7.62. The van der Waals surface area contributed by atoms with Crippen LogP contribution in [0, 0.1) is 5.92 Å². The van der Waals surface area contributed by atoms with Crippen LogP contribution in [0.4, 0.5) is 24.5 Å². The van der Waals surface area contributed by atoms with Crippen molar-refractivity contribution in [3.8, 4) is 0 Å². The van der Waals surface area contributed by atoms with Crippen LogP contribution in [0.25, 0.3) is 0 Å². The number of rotatable bonds is 10. The fraction of sp³-hybridized carbons (Fsp3) is 0.500. The van der Waals surface area contributed by atoms with Crippen LogP contribution in [0.1, 0.15) is 41.9 Å². The van der Waals surface area contributed by atoms with Gasteiger partial charge >= 0.3 is 6.18 Å². The van der Waals surface area contributed by atoms with Gasteiger partial charge in [0.05, 0.1) is 27.1 Å². The van der Waals surface area contributed by atoms with Gasteiger partial charge in [-0.25, -0.2) is 0 Å². The van der Waals surface area contributed by atoms with Crippen molar-refractivity contribution >= 4 is 52.0 Å². The second kappa shape index (κ2) is 12.2. The van der Waals surface area contributed by atoms with Crippen molar-refractivity contribution in [2.75, 3.05) is 43.1 Å². The molecule has 1 aromatic heterocycles. The third-order valence-electron chi connectivity index (χ3n) is 6.39. The topological polar surface area (TPSA) is 91.0 Å². The molecule has 3 amide bonds. The maximum Gasteiger partial charge on any atom is 0.418 e. The maximum absolute atomic E-state index is 14.0. The Labute approximate surface area is 233 Å². The lowest BCUT2D eigenvalue weighted by Gasteiger charge is -2.32. The zero-order valence-electron chi connectivity index (χ0n) is 21.5. The number of alkyl halides is 3. The number of amides is 3. The first-order valence-corrected chi connectivity index (χ1v) is 13.8. The molecular weight excluding hydrogens is 557 g/mol. The van der Waals surface area contributed by atoms with Gasteiger partial charge in [-0.2, -0.15) is 13.2 Å². The number of carbonyl (C=O) groups excluding carboxylic acids is 3. The number of nitrogens with one attached hydrogen (secondary N) is 2. The van der Waals surface area contributed by atoms with Gasteiger partial charge in [-0.1, -0.05) is 25.4 Å². The molecule has 2 aromatic rings. The fourth-order valence-corrected chi connectivity index (χ4v) is 5.47. The molecule has 0 radical (unpaired) electrons. The lowest BCUT2D eigenvalue weighted by molar-refractivity contribution is -0.137. The molecule has 0 spiro atoms.